The second kappa shape index (κ2) is 9.64. The van der Waals surface area contributed by atoms with Crippen LogP contribution in [0.15, 0.2) is 0 Å². The van der Waals surface area contributed by atoms with Gasteiger partial charge in [-0.2, -0.15) is 0 Å². The van der Waals surface area contributed by atoms with Gasteiger partial charge in [-0.25, -0.2) is 0 Å². The maximum absolute atomic E-state index is 10.5. The largest absolute Gasteiger partial charge is 0.481 e. The minimum absolute atomic E-state index is 0.262. The summed E-state index contributed by atoms with van der Waals surface area (Å²) in [7, 11) is 0. The Hall–Kier alpha value is -0.570. The highest BCUT2D eigenvalue weighted by Crippen LogP contribution is 2.14. The molecular formula is C13H27NO2. The fraction of sp³-hybridized carbons (Fsp3) is 0.923. The predicted molar refractivity (Wildman–Crippen MR) is 67.7 cm³/mol. The second-order valence-electron chi connectivity index (χ2n) is 4.45. The number of carboxylic acids is 1. The first kappa shape index (κ1) is 15.4. The van der Waals surface area contributed by atoms with E-state index in [1.165, 1.54) is 25.7 Å². The number of carboxylic acid groups (broad SMARTS) is 1. The second-order valence-corrected chi connectivity index (χ2v) is 4.45. The molecule has 0 aromatic rings. The Morgan fingerprint density at radius 3 is 2.44 bits per heavy atom. The summed E-state index contributed by atoms with van der Waals surface area (Å²) in [5.41, 5.74) is 0. The van der Waals surface area contributed by atoms with Crippen LogP contribution < -0.4 is 0 Å². The monoisotopic (exact) mass is 229 g/mol. The third-order valence-electron chi connectivity index (χ3n) is 3.15. The van der Waals surface area contributed by atoms with Gasteiger partial charge >= 0.3 is 5.97 Å². The third kappa shape index (κ3) is 7.69. The molecule has 1 unspecified atom stereocenters. The van der Waals surface area contributed by atoms with E-state index in [9.17, 15) is 4.79 Å². The first-order chi connectivity index (χ1) is 7.63. The molecule has 0 aromatic carbocycles. The van der Waals surface area contributed by atoms with Gasteiger partial charge in [0.05, 0.1) is 6.42 Å². The molecule has 0 rings (SSSR count). The number of nitrogens with zero attached hydrogens (tertiary/aromatic N) is 1. The predicted octanol–water partition coefficient (Wildman–Crippen LogP) is 3.00. The van der Waals surface area contributed by atoms with Crippen molar-refractivity contribution in [3.63, 3.8) is 0 Å². The summed E-state index contributed by atoms with van der Waals surface area (Å²) in [4.78, 5) is 12.8. The van der Waals surface area contributed by atoms with Gasteiger partial charge in [0, 0.05) is 13.1 Å². The Labute approximate surface area is 99.8 Å². The van der Waals surface area contributed by atoms with Gasteiger partial charge < -0.3 is 10.0 Å². The highest BCUT2D eigenvalue weighted by molar-refractivity contribution is 5.66. The van der Waals surface area contributed by atoms with E-state index in [1.54, 1.807) is 0 Å². The van der Waals surface area contributed by atoms with E-state index < -0.39 is 5.97 Å². The van der Waals surface area contributed by atoms with Crippen LogP contribution in [0.5, 0.6) is 0 Å². The first-order valence-corrected chi connectivity index (χ1v) is 6.58. The molecule has 0 radical (unpaired) electrons. The normalized spacial score (nSPS) is 13.0. The zero-order chi connectivity index (χ0) is 12.4. The van der Waals surface area contributed by atoms with E-state index in [-0.39, 0.29) is 6.42 Å². The maximum Gasteiger partial charge on any atom is 0.304 e. The van der Waals surface area contributed by atoms with Crippen molar-refractivity contribution in [3.8, 4) is 0 Å². The Balaban J connectivity index is 3.90. The molecular weight excluding hydrogens is 202 g/mol. The lowest BCUT2D eigenvalue weighted by atomic mass is 9.98. The molecule has 0 saturated heterocycles. The Morgan fingerprint density at radius 2 is 2.00 bits per heavy atom. The Bertz CT molecular complexity index is 183. The molecule has 0 aliphatic rings. The molecule has 1 N–H and O–H groups in total. The van der Waals surface area contributed by atoms with Crippen molar-refractivity contribution >= 4 is 5.97 Å². The van der Waals surface area contributed by atoms with Crippen molar-refractivity contribution in [2.45, 2.75) is 52.9 Å². The molecule has 0 saturated carbocycles. The first-order valence-electron chi connectivity index (χ1n) is 6.58. The molecule has 16 heavy (non-hydrogen) atoms. The standard InChI is InChI=1S/C13H27NO2/c1-4-7-8-12(5-2)11-14(6-3)10-9-13(15)16/h12H,4-11H2,1-3H3,(H,15,16). The lowest BCUT2D eigenvalue weighted by molar-refractivity contribution is -0.137. The van der Waals surface area contributed by atoms with E-state index in [2.05, 4.69) is 25.7 Å². The van der Waals surface area contributed by atoms with E-state index >= 15 is 0 Å². The molecule has 0 spiro atoms. The molecule has 0 fully saturated rings. The zero-order valence-electron chi connectivity index (χ0n) is 11.0. The number of hydrogen-bond donors (Lipinski definition) is 1. The van der Waals surface area contributed by atoms with E-state index in [1.807, 2.05) is 0 Å². The fourth-order valence-electron chi connectivity index (χ4n) is 1.91. The van der Waals surface area contributed by atoms with Crippen LogP contribution in [0, 0.1) is 5.92 Å². The van der Waals surface area contributed by atoms with Crippen molar-refractivity contribution in [2.24, 2.45) is 5.92 Å². The van der Waals surface area contributed by atoms with Crippen LogP contribution in [0.3, 0.4) is 0 Å². The van der Waals surface area contributed by atoms with Crippen LogP contribution in [0.2, 0.25) is 0 Å². The highest BCUT2D eigenvalue weighted by atomic mass is 16.4. The van der Waals surface area contributed by atoms with Crippen molar-refractivity contribution in [3.05, 3.63) is 0 Å². The number of carbonyl (C=O) groups is 1. The number of unbranched alkanes of at least 4 members (excludes halogenated alkanes) is 1. The highest BCUT2D eigenvalue weighted by Gasteiger charge is 2.12. The lowest BCUT2D eigenvalue weighted by Gasteiger charge is -2.25. The average Bonchev–Trinajstić information content (AvgIpc) is 2.28. The van der Waals surface area contributed by atoms with Gasteiger partial charge in [0.1, 0.15) is 0 Å². The smallest absolute Gasteiger partial charge is 0.304 e. The van der Waals surface area contributed by atoms with Crippen LogP contribution >= 0.6 is 0 Å². The summed E-state index contributed by atoms with van der Waals surface area (Å²) in [5.74, 6) is 0.0359. The Morgan fingerprint density at radius 1 is 1.31 bits per heavy atom. The fourth-order valence-corrected chi connectivity index (χ4v) is 1.91. The van der Waals surface area contributed by atoms with Gasteiger partial charge in [-0.15, -0.1) is 0 Å². The molecule has 0 aliphatic heterocycles. The van der Waals surface area contributed by atoms with E-state index in [0.29, 0.717) is 6.54 Å². The number of hydrogen-bond acceptors (Lipinski definition) is 2. The van der Waals surface area contributed by atoms with Gasteiger partial charge in [0.15, 0.2) is 0 Å². The molecule has 0 amide bonds. The molecule has 0 aromatic heterocycles. The van der Waals surface area contributed by atoms with Crippen LogP contribution in [0.1, 0.15) is 52.9 Å². The van der Waals surface area contributed by atoms with Crippen LogP contribution in [0.4, 0.5) is 0 Å². The molecule has 0 aliphatic carbocycles. The van der Waals surface area contributed by atoms with Crippen LogP contribution in [-0.2, 0) is 4.79 Å². The number of rotatable bonds is 10. The SMILES string of the molecule is CCCCC(CC)CN(CC)CCC(=O)O. The molecule has 96 valence electrons. The molecule has 0 bridgehead atoms. The third-order valence-corrected chi connectivity index (χ3v) is 3.15. The zero-order valence-corrected chi connectivity index (χ0v) is 11.0. The van der Waals surface area contributed by atoms with Gasteiger partial charge in [-0.05, 0) is 18.9 Å². The summed E-state index contributed by atoms with van der Waals surface area (Å²) < 4.78 is 0. The average molecular weight is 229 g/mol. The maximum atomic E-state index is 10.5. The minimum atomic E-state index is -0.694. The van der Waals surface area contributed by atoms with E-state index in [0.717, 1.165) is 19.0 Å². The summed E-state index contributed by atoms with van der Waals surface area (Å²) in [6.45, 7) is 9.25. The molecule has 3 nitrogen and oxygen atoms in total. The van der Waals surface area contributed by atoms with E-state index in [4.69, 9.17) is 5.11 Å². The van der Waals surface area contributed by atoms with Gasteiger partial charge in [-0.3, -0.25) is 4.79 Å². The summed E-state index contributed by atoms with van der Waals surface area (Å²) >= 11 is 0. The van der Waals surface area contributed by atoms with Crippen molar-refractivity contribution in [1.29, 1.82) is 0 Å². The molecule has 0 heterocycles. The minimum Gasteiger partial charge on any atom is -0.481 e. The molecule has 1 atom stereocenters. The van der Waals surface area contributed by atoms with Crippen molar-refractivity contribution in [1.82, 2.24) is 4.90 Å². The van der Waals surface area contributed by atoms with Gasteiger partial charge in [-0.1, -0.05) is 40.0 Å². The quantitative estimate of drug-likeness (QED) is 0.626. The topological polar surface area (TPSA) is 40.5 Å². The molecule has 3 heteroatoms. The van der Waals surface area contributed by atoms with Crippen molar-refractivity contribution < 1.29 is 9.90 Å². The summed E-state index contributed by atoms with van der Waals surface area (Å²) in [6, 6.07) is 0. The van der Waals surface area contributed by atoms with Crippen molar-refractivity contribution in [2.75, 3.05) is 19.6 Å². The number of aliphatic carboxylic acids is 1. The van der Waals surface area contributed by atoms with Crippen LogP contribution in [-0.4, -0.2) is 35.6 Å². The summed E-state index contributed by atoms with van der Waals surface area (Å²) in [6.07, 6.45) is 5.27. The van der Waals surface area contributed by atoms with Crippen LogP contribution in [0.25, 0.3) is 0 Å². The van der Waals surface area contributed by atoms with Gasteiger partial charge in [0.25, 0.3) is 0 Å². The lowest BCUT2D eigenvalue weighted by Crippen LogP contribution is -2.31. The van der Waals surface area contributed by atoms with Gasteiger partial charge in [0.2, 0.25) is 0 Å². The Kier molecular flexibility index (Phi) is 9.30. The summed E-state index contributed by atoms with van der Waals surface area (Å²) in [5, 5.41) is 8.66.